The summed E-state index contributed by atoms with van der Waals surface area (Å²) >= 11 is 5.71. The number of sulfonamides is 1. The number of halogens is 2. The normalized spacial score (nSPS) is 12.5. The van der Waals surface area contributed by atoms with E-state index in [9.17, 15) is 17.6 Å². The Balaban J connectivity index is 2.48. The minimum Gasteiger partial charge on any atom is -0.473 e. The van der Waals surface area contributed by atoms with E-state index in [2.05, 4.69) is 4.74 Å². The Hall–Kier alpha value is -2.16. The highest BCUT2D eigenvalue weighted by atomic mass is 35.5. The summed E-state index contributed by atoms with van der Waals surface area (Å²) in [5, 5.41) is 4.91. The number of ether oxygens (including phenoxy) is 2. The molecule has 0 heterocycles. The van der Waals surface area contributed by atoms with E-state index in [0.29, 0.717) is 0 Å². The van der Waals surface area contributed by atoms with Gasteiger partial charge in [-0.05, 0) is 24.3 Å². The van der Waals surface area contributed by atoms with Crippen molar-refractivity contribution in [3.63, 3.8) is 0 Å². The zero-order chi connectivity index (χ0) is 17.9. The Bertz CT molecular complexity index is 872. The fourth-order valence-electron chi connectivity index (χ4n) is 1.94. The Morgan fingerprint density at radius 2 is 1.92 bits per heavy atom. The number of para-hydroxylation sites is 1. The third kappa shape index (κ3) is 4.02. The number of methoxy groups -OCH3 is 1. The molecule has 1 atom stereocenters. The summed E-state index contributed by atoms with van der Waals surface area (Å²) in [6, 6.07) is 9.06. The molecule has 128 valence electrons. The van der Waals surface area contributed by atoms with Gasteiger partial charge in [0.05, 0.1) is 12.1 Å². The number of primary sulfonamides is 1. The summed E-state index contributed by atoms with van der Waals surface area (Å²) in [5.41, 5.74) is 0.192. The summed E-state index contributed by atoms with van der Waals surface area (Å²) < 4.78 is 46.7. The second-order valence-corrected chi connectivity index (χ2v) is 6.62. The second-order valence-electron chi connectivity index (χ2n) is 4.69. The van der Waals surface area contributed by atoms with Crippen LogP contribution in [-0.2, 0) is 19.6 Å². The van der Waals surface area contributed by atoms with Crippen LogP contribution in [0.5, 0.6) is 5.75 Å². The largest absolute Gasteiger partial charge is 0.473 e. The molecule has 9 heteroatoms. The summed E-state index contributed by atoms with van der Waals surface area (Å²) in [6.45, 7) is 0. The molecular formula is C15H13ClFNO5S. The van der Waals surface area contributed by atoms with E-state index in [1.807, 2.05) is 0 Å². The van der Waals surface area contributed by atoms with Crippen LogP contribution in [0.4, 0.5) is 4.39 Å². The van der Waals surface area contributed by atoms with E-state index in [1.165, 1.54) is 36.4 Å². The third-order valence-electron chi connectivity index (χ3n) is 3.06. The molecule has 2 rings (SSSR count). The fourth-order valence-corrected chi connectivity index (χ4v) is 2.80. The maximum Gasteiger partial charge on any atom is 0.351 e. The molecule has 0 bridgehead atoms. The third-order valence-corrected chi connectivity index (χ3v) is 4.30. The van der Waals surface area contributed by atoms with Gasteiger partial charge in [-0.1, -0.05) is 29.8 Å². The van der Waals surface area contributed by atoms with Crippen molar-refractivity contribution in [2.75, 3.05) is 7.11 Å². The highest BCUT2D eigenvalue weighted by molar-refractivity contribution is 7.89. The van der Waals surface area contributed by atoms with Gasteiger partial charge in [0.15, 0.2) is 0 Å². The molecule has 0 aliphatic heterocycles. The van der Waals surface area contributed by atoms with Crippen molar-refractivity contribution in [1.82, 2.24) is 0 Å². The highest BCUT2D eigenvalue weighted by Gasteiger charge is 2.27. The average molecular weight is 374 g/mol. The number of hydrogen-bond donors (Lipinski definition) is 1. The number of carbonyl (C=O) groups excluding carboxylic acids is 1. The predicted octanol–water partition coefficient (Wildman–Crippen LogP) is 2.42. The zero-order valence-electron chi connectivity index (χ0n) is 12.4. The molecule has 2 N–H and O–H groups in total. The molecule has 0 radical (unpaired) electrons. The van der Waals surface area contributed by atoms with E-state index in [1.54, 1.807) is 0 Å². The molecule has 0 aliphatic rings. The van der Waals surface area contributed by atoms with Crippen LogP contribution in [0.2, 0.25) is 5.02 Å². The first kappa shape index (κ1) is 18.2. The lowest BCUT2D eigenvalue weighted by Gasteiger charge is -2.19. The summed E-state index contributed by atoms with van der Waals surface area (Å²) in [6.07, 6.45) is -1.35. The number of hydrogen-bond acceptors (Lipinski definition) is 5. The summed E-state index contributed by atoms with van der Waals surface area (Å²) in [7, 11) is -2.94. The van der Waals surface area contributed by atoms with Crippen LogP contribution in [0.1, 0.15) is 11.7 Å². The Morgan fingerprint density at radius 3 is 2.50 bits per heavy atom. The van der Waals surface area contributed by atoms with E-state index >= 15 is 0 Å². The maximum atomic E-state index is 13.3. The predicted molar refractivity (Wildman–Crippen MR) is 84.6 cm³/mol. The Kier molecular flexibility index (Phi) is 5.43. The number of esters is 1. The van der Waals surface area contributed by atoms with Gasteiger partial charge in [-0.3, -0.25) is 0 Å². The van der Waals surface area contributed by atoms with Gasteiger partial charge in [0.2, 0.25) is 16.1 Å². The van der Waals surface area contributed by atoms with Crippen molar-refractivity contribution in [1.29, 1.82) is 0 Å². The quantitative estimate of drug-likeness (QED) is 0.812. The first-order valence-electron chi connectivity index (χ1n) is 6.55. The molecule has 0 amide bonds. The van der Waals surface area contributed by atoms with Crippen molar-refractivity contribution in [3.8, 4) is 5.75 Å². The van der Waals surface area contributed by atoms with Gasteiger partial charge in [-0.2, -0.15) is 0 Å². The van der Waals surface area contributed by atoms with Crippen molar-refractivity contribution in [2.45, 2.75) is 11.0 Å². The van der Waals surface area contributed by atoms with Crippen LogP contribution in [-0.4, -0.2) is 21.5 Å². The van der Waals surface area contributed by atoms with Gasteiger partial charge in [0.1, 0.15) is 16.5 Å². The first-order valence-corrected chi connectivity index (χ1v) is 8.47. The van der Waals surface area contributed by atoms with Gasteiger partial charge < -0.3 is 9.47 Å². The zero-order valence-corrected chi connectivity index (χ0v) is 14.0. The molecule has 0 fully saturated rings. The molecule has 0 saturated carbocycles. The standard InChI is InChI=1S/C15H13ClFNO5S/c1-22-15(19)14(9-6-7-11(17)10(16)8-9)23-12-4-2-3-5-13(12)24(18,20)21/h2-8,14H,1H3,(H2,18,20,21). The monoisotopic (exact) mass is 373 g/mol. The fraction of sp³-hybridized carbons (Fsp3) is 0.133. The van der Waals surface area contributed by atoms with Crippen LogP contribution >= 0.6 is 11.6 Å². The van der Waals surface area contributed by atoms with E-state index < -0.39 is 27.9 Å². The molecule has 24 heavy (non-hydrogen) atoms. The molecule has 0 spiro atoms. The van der Waals surface area contributed by atoms with E-state index in [4.69, 9.17) is 21.5 Å². The maximum absolute atomic E-state index is 13.3. The van der Waals surface area contributed by atoms with Gasteiger partial charge >= 0.3 is 5.97 Å². The smallest absolute Gasteiger partial charge is 0.351 e. The average Bonchev–Trinajstić information content (AvgIpc) is 2.54. The molecule has 0 aliphatic carbocycles. The van der Waals surface area contributed by atoms with Gasteiger partial charge in [-0.25, -0.2) is 22.7 Å². The van der Waals surface area contributed by atoms with Crippen LogP contribution in [0, 0.1) is 5.82 Å². The van der Waals surface area contributed by atoms with Gasteiger partial charge in [-0.15, -0.1) is 0 Å². The first-order chi connectivity index (χ1) is 11.2. The van der Waals surface area contributed by atoms with Crippen LogP contribution in [0.3, 0.4) is 0 Å². The van der Waals surface area contributed by atoms with Crippen molar-refractivity contribution in [3.05, 3.63) is 58.9 Å². The molecule has 0 aromatic heterocycles. The lowest BCUT2D eigenvalue weighted by molar-refractivity contribution is -0.149. The molecule has 1 unspecified atom stereocenters. The van der Waals surface area contributed by atoms with Crippen LogP contribution in [0.15, 0.2) is 47.4 Å². The van der Waals surface area contributed by atoms with Crippen molar-refractivity contribution >= 4 is 27.6 Å². The molecule has 6 nitrogen and oxygen atoms in total. The number of carbonyl (C=O) groups is 1. The Morgan fingerprint density at radius 1 is 1.25 bits per heavy atom. The molecule has 2 aromatic rings. The minimum atomic E-state index is -4.07. The lowest BCUT2D eigenvalue weighted by Crippen LogP contribution is -2.22. The van der Waals surface area contributed by atoms with Gasteiger partial charge in [0, 0.05) is 5.56 Å². The van der Waals surface area contributed by atoms with Crippen LogP contribution in [0.25, 0.3) is 0 Å². The molecular weight excluding hydrogens is 361 g/mol. The molecule has 0 saturated heterocycles. The van der Waals surface area contributed by atoms with Crippen molar-refractivity contribution < 1.29 is 27.1 Å². The topological polar surface area (TPSA) is 95.7 Å². The van der Waals surface area contributed by atoms with E-state index in [0.717, 1.165) is 13.2 Å². The summed E-state index contributed by atoms with van der Waals surface area (Å²) in [5.74, 6) is -1.63. The lowest BCUT2D eigenvalue weighted by atomic mass is 10.1. The minimum absolute atomic E-state index is 0.143. The second kappa shape index (κ2) is 7.16. The SMILES string of the molecule is COC(=O)C(Oc1ccccc1S(N)(=O)=O)c1ccc(F)c(Cl)c1. The number of benzene rings is 2. The van der Waals surface area contributed by atoms with Gasteiger partial charge in [0.25, 0.3) is 0 Å². The number of nitrogens with two attached hydrogens (primary N) is 1. The van der Waals surface area contributed by atoms with E-state index in [-0.39, 0.29) is 21.2 Å². The van der Waals surface area contributed by atoms with Crippen LogP contribution < -0.4 is 9.88 Å². The Labute approximate surface area is 143 Å². The van der Waals surface area contributed by atoms with Crippen molar-refractivity contribution in [2.24, 2.45) is 5.14 Å². The highest BCUT2D eigenvalue weighted by Crippen LogP contribution is 2.30. The number of rotatable bonds is 5. The molecule has 2 aromatic carbocycles. The summed E-state index contributed by atoms with van der Waals surface area (Å²) in [4.78, 5) is 11.7.